The first-order chi connectivity index (χ1) is 18.0. The van der Waals surface area contributed by atoms with Gasteiger partial charge in [-0.3, -0.25) is 19.2 Å². The maximum atomic E-state index is 12.9. The van der Waals surface area contributed by atoms with Gasteiger partial charge in [-0.1, -0.05) is 42.5 Å². The predicted octanol–water partition coefficient (Wildman–Crippen LogP) is -0.0716. The second-order valence-corrected chi connectivity index (χ2v) is 8.79. The summed E-state index contributed by atoms with van der Waals surface area (Å²) in [6.45, 7) is 1.36. The average Bonchev–Trinajstić information content (AvgIpc) is 2.87. The quantitative estimate of drug-likeness (QED) is 0.175. The summed E-state index contributed by atoms with van der Waals surface area (Å²) in [6, 6.07) is 9.89. The molecule has 0 fully saturated rings. The molecule has 0 radical (unpaired) electrons. The van der Waals surface area contributed by atoms with Crippen LogP contribution in [0.1, 0.15) is 30.9 Å². The van der Waals surface area contributed by atoms with Gasteiger partial charge in [0.1, 0.15) is 23.9 Å². The second kappa shape index (κ2) is 14.3. The Morgan fingerprint density at radius 2 is 1.34 bits per heavy atom. The minimum Gasteiger partial charge on any atom is -0.508 e. The van der Waals surface area contributed by atoms with Gasteiger partial charge >= 0.3 is 11.9 Å². The van der Waals surface area contributed by atoms with Crippen molar-refractivity contribution in [3.8, 4) is 5.75 Å². The number of phenolic OH excluding ortho intramolecular Hbond substituents is 1. The summed E-state index contributed by atoms with van der Waals surface area (Å²) in [5, 5.41) is 35.1. The van der Waals surface area contributed by atoms with Crippen molar-refractivity contribution < 1.29 is 39.3 Å². The Morgan fingerprint density at radius 1 is 0.763 bits per heavy atom. The predicted molar refractivity (Wildman–Crippen MR) is 136 cm³/mol. The summed E-state index contributed by atoms with van der Waals surface area (Å²) in [4.78, 5) is 60.9. The fourth-order valence-electron chi connectivity index (χ4n) is 3.52. The maximum absolute atomic E-state index is 12.9. The summed E-state index contributed by atoms with van der Waals surface area (Å²) >= 11 is 0. The first kappa shape index (κ1) is 29.8. The molecule has 3 amide bonds. The lowest BCUT2D eigenvalue weighted by atomic mass is 10.0. The van der Waals surface area contributed by atoms with Crippen molar-refractivity contribution >= 4 is 29.7 Å². The molecule has 0 aromatic heterocycles. The van der Waals surface area contributed by atoms with E-state index in [1.807, 2.05) is 0 Å². The van der Waals surface area contributed by atoms with Crippen molar-refractivity contribution in [2.45, 2.75) is 56.8 Å². The molecule has 0 aliphatic carbocycles. The van der Waals surface area contributed by atoms with Crippen molar-refractivity contribution in [1.82, 2.24) is 16.0 Å². The Hall–Kier alpha value is -4.45. The van der Waals surface area contributed by atoms with E-state index in [2.05, 4.69) is 16.0 Å². The monoisotopic (exact) mass is 528 g/mol. The third kappa shape index (κ3) is 9.90. The Morgan fingerprint density at radius 3 is 1.92 bits per heavy atom. The number of carboxylic acids is 2. The number of phenols is 1. The molecule has 2 rings (SSSR count). The molecule has 12 nitrogen and oxygen atoms in total. The molecule has 8 N–H and O–H groups in total. The third-order valence-corrected chi connectivity index (χ3v) is 5.66. The van der Waals surface area contributed by atoms with Gasteiger partial charge in [0.2, 0.25) is 17.7 Å². The number of carboxylic acid groups (broad SMARTS) is 2. The number of hydrogen-bond acceptors (Lipinski definition) is 7. The highest BCUT2D eigenvalue weighted by Gasteiger charge is 2.29. The van der Waals surface area contributed by atoms with Crippen molar-refractivity contribution in [2.75, 3.05) is 0 Å². The number of aromatic hydroxyl groups is 1. The molecule has 0 saturated carbocycles. The Bertz CT molecular complexity index is 1120. The van der Waals surface area contributed by atoms with E-state index >= 15 is 0 Å². The Balaban J connectivity index is 2.01. The normalized spacial score (nSPS) is 13.8. The largest absolute Gasteiger partial charge is 0.508 e. The van der Waals surface area contributed by atoms with E-state index in [0.29, 0.717) is 11.1 Å². The fourth-order valence-corrected chi connectivity index (χ4v) is 3.52. The minimum atomic E-state index is -1.36. The number of aliphatic carboxylic acids is 2. The van der Waals surface area contributed by atoms with Gasteiger partial charge in [-0.25, -0.2) is 4.79 Å². The number of nitrogens with two attached hydrogens (primary N) is 1. The molecule has 0 heterocycles. The Labute approximate surface area is 219 Å². The highest BCUT2D eigenvalue weighted by Crippen LogP contribution is 2.11. The van der Waals surface area contributed by atoms with E-state index in [-0.39, 0.29) is 25.0 Å². The van der Waals surface area contributed by atoms with Crippen LogP contribution in [0.25, 0.3) is 0 Å². The molecule has 2 aromatic rings. The van der Waals surface area contributed by atoms with Gasteiger partial charge in [0.25, 0.3) is 0 Å². The zero-order valence-electron chi connectivity index (χ0n) is 20.8. The summed E-state index contributed by atoms with van der Waals surface area (Å²) in [5.74, 6) is -4.73. The molecule has 2 aromatic carbocycles. The van der Waals surface area contributed by atoms with E-state index in [0.717, 1.165) is 0 Å². The highest BCUT2D eigenvalue weighted by atomic mass is 16.4. The van der Waals surface area contributed by atoms with Crippen LogP contribution in [0.15, 0.2) is 54.6 Å². The van der Waals surface area contributed by atoms with Gasteiger partial charge in [-0.05, 0) is 43.0 Å². The molecule has 4 unspecified atom stereocenters. The number of carbonyl (C=O) groups excluding carboxylic acids is 3. The summed E-state index contributed by atoms with van der Waals surface area (Å²) < 4.78 is 0. The molecule has 12 heteroatoms. The summed E-state index contributed by atoms with van der Waals surface area (Å²) in [7, 11) is 0. The average molecular weight is 529 g/mol. The van der Waals surface area contributed by atoms with Gasteiger partial charge < -0.3 is 37.0 Å². The Kier molecular flexibility index (Phi) is 11.2. The van der Waals surface area contributed by atoms with Gasteiger partial charge in [0.05, 0.1) is 6.04 Å². The van der Waals surface area contributed by atoms with Crippen LogP contribution < -0.4 is 21.7 Å². The molecular weight excluding hydrogens is 496 g/mol. The molecule has 4 atom stereocenters. The highest BCUT2D eigenvalue weighted by molar-refractivity contribution is 5.94. The fraction of sp³-hybridized carbons (Fsp3) is 0.346. The van der Waals surface area contributed by atoms with Crippen LogP contribution in [0.3, 0.4) is 0 Å². The third-order valence-electron chi connectivity index (χ3n) is 5.66. The van der Waals surface area contributed by atoms with Crippen LogP contribution in [-0.4, -0.2) is 69.1 Å². The van der Waals surface area contributed by atoms with Crippen molar-refractivity contribution in [1.29, 1.82) is 0 Å². The van der Waals surface area contributed by atoms with Gasteiger partial charge in [-0.2, -0.15) is 0 Å². The number of hydrogen-bond donors (Lipinski definition) is 7. The van der Waals surface area contributed by atoms with Crippen molar-refractivity contribution in [2.24, 2.45) is 5.73 Å². The van der Waals surface area contributed by atoms with E-state index in [9.17, 15) is 34.2 Å². The smallest absolute Gasteiger partial charge is 0.326 e. The van der Waals surface area contributed by atoms with E-state index in [1.165, 1.54) is 19.1 Å². The molecule has 204 valence electrons. The number of rotatable bonds is 14. The molecule has 38 heavy (non-hydrogen) atoms. The minimum absolute atomic E-state index is 0.0209. The number of carbonyl (C=O) groups is 5. The lowest BCUT2D eigenvalue weighted by Gasteiger charge is -2.23. The van der Waals surface area contributed by atoms with E-state index < -0.39 is 60.2 Å². The molecule has 0 aliphatic rings. The number of amides is 3. The zero-order chi connectivity index (χ0) is 28.2. The van der Waals surface area contributed by atoms with E-state index in [4.69, 9.17) is 10.8 Å². The molecular formula is C26H32N4O8. The molecule has 0 bridgehead atoms. The first-order valence-corrected chi connectivity index (χ1v) is 11.9. The van der Waals surface area contributed by atoms with Gasteiger partial charge in [0.15, 0.2) is 0 Å². The first-order valence-electron chi connectivity index (χ1n) is 11.9. The SMILES string of the molecule is CC(NC(=O)C(N)Cc1ccc(O)cc1)C(=O)NC(CCC(=O)O)C(=O)NC(Cc1ccccc1)C(=O)O. The number of nitrogens with one attached hydrogen (secondary N) is 3. The molecule has 0 saturated heterocycles. The topological polar surface area (TPSA) is 208 Å². The standard InChI is InChI=1S/C26H32N4O8/c1-15(28-24(35)19(27)13-17-7-9-18(31)10-8-17)23(34)29-20(11-12-22(32)33)25(36)30-21(26(37)38)14-16-5-3-2-4-6-16/h2-10,15,19-21,31H,11-14,27H2,1H3,(H,28,35)(H,29,34)(H,30,36)(H,32,33)(H,37,38). The van der Waals surface area contributed by atoms with Crippen LogP contribution in [0, 0.1) is 0 Å². The van der Waals surface area contributed by atoms with Crippen LogP contribution in [0.2, 0.25) is 0 Å². The van der Waals surface area contributed by atoms with Crippen LogP contribution in [0.5, 0.6) is 5.75 Å². The second-order valence-electron chi connectivity index (χ2n) is 8.79. The summed E-state index contributed by atoms with van der Waals surface area (Å²) in [5.41, 5.74) is 7.27. The maximum Gasteiger partial charge on any atom is 0.326 e. The van der Waals surface area contributed by atoms with E-state index in [1.54, 1.807) is 42.5 Å². The van der Waals surface area contributed by atoms with Crippen LogP contribution >= 0.6 is 0 Å². The van der Waals surface area contributed by atoms with Crippen LogP contribution in [0.4, 0.5) is 0 Å². The van der Waals surface area contributed by atoms with Crippen molar-refractivity contribution in [3.05, 3.63) is 65.7 Å². The summed E-state index contributed by atoms with van der Waals surface area (Å²) in [6.07, 6.45) is -0.645. The van der Waals surface area contributed by atoms with Gasteiger partial charge in [0, 0.05) is 12.8 Å². The van der Waals surface area contributed by atoms with Crippen LogP contribution in [-0.2, 0) is 36.8 Å². The zero-order valence-corrected chi connectivity index (χ0v) is 20.8. The van der Waals surface area contributed by atoms with Crippen molar-refractivity contribution in [3.63, 3.8) is 0 Å². The van der Waals surface area contributed by atoms with Gasteiger partial charge in [-0.15, -0.1) is 0 Å². The number of benzene rings is 2. The molecule has 0 aliphatic heterocycles. The lowest BCUT2D eigenvalue weighted by Crippen LogP contribution is -2.56. The molecule has 0 spiro atoms. The lowest BCUT2D eigenvalue weighted by molar-refractivity contribution is -0.143.